The zero-order valence-corrected chi connectivity index (χ0v) is 19.3. The van der Waals surface area contributed by atoms with E-state index in [1.54, 1.807) is 18.2 Å². The minimum absolute atomic E-state index is 0.0717. The van der Waals surface area contributed by atoms with Crippen LogP contribution in [0, 0.1) is 0 Å². The zero-order valence-electron chi connectivity index (χ0n) is 19.3. The smallest absolute Gasteiger partial charge is 0.421 e. The van der Waals surface area contributed by atoms with Gasteiger partial charge in [0.2, 0.25) is 5.95 Å². The van der Waals surface area contributed by atoms with Crippen LogP contribution in [0.2, 0.25) is 0 Å². The fraction of sp³-hybridized carbons (Fsp3) is 0.385. The molecule has 2 N–H and O–H groups in total. The lowest BCUT2D eigenvalue weighted by Gasteiger charge is -2.23. The molecule has 1 saturated carbocycles. The van der Waals surface area contributed by atoms with Crippen molar-refractivity contribution in [3.05, 3.63) is 65.9 Å². The van der Waals surface area contributed by atoms with Crippen LogP contribution in [0.1, 0.15) is 63.0 Å². The van der Waals surface area contributed by atoms with Crippen molar-refractivity contribution >= 4 is 23.1 Å². The van der Waals surface area contributed by atoms with Crippen LogP contribution in [-0.4, -0.2) is 16.1 Å². The van der Waals surface area contributed by atoms with Crippen molar-refractivity contribution in [3.63, 3.8) is 0 Å². The first-order chi connectivity index (χ1) is 16.3. The molecule has 1 fully saturated rings. The van der Waals surface area contributed by atoms with Crippen LogP contribution in [0.5, 0.6) is 5.75 Å². The van der Waals surface area contributed by atoms with Crippen LogP contribution < -0.4 is 15.4 Å². The number of aromatic nitrogens is 2. The number of nitrogens with zero attached hydrogens (tertiary/aromatic N) is 2. The summed E-state index contributed by atoms with van der Waals surface area (Å²) in [6, 6.07) is 14.6. The summed E-state index contributed by atoms with van der Waals surface area (Å²) in [4.78, 5) is 8.03. The summed E-state index contributed by atoms with van der Waals surface area (Å²) in [6.07, 6.45) is 1.81. The Balaban J connectivity index is 1.55. The Morgan fingerprint density at radius 3 is 2.35 bits per heavy atom. The van der Waals surface area contributed by atoms with E-state index in [1.165, 1.54) is 6.42 Å². The predicted molar refractivity (Wildman–Crippen MR) is 128 cm³/mol. The van der Waals surface area contributed by atoms with Gasteiger partial charge in [0, 0.05) is 23.6 Å². The summed E-state index contributed by atoms with van der Waals surface area (Å²) in [5.74, 6) is 0.758. The monoisotopic (exact) mass is 470 g/mol. The first-order valence-electron chi connectivity index (χ1n) is 11.6. The molecule has 34 heavy (non-hydrogen) atoms. The van der Waals surface area contributed by atoms with E-state index in [9.17, 15) is 13.2 Å². The second kappa shape index (κ2) is 10.3. The number of anilines is 4. The minimum Gasteiger partial charge on any atom is -0.490 e. The molecule has 0 amide bonds. The van der Waals surface area contributed by atoms with Crippen molar-refractivity contribution in [2.75, 3.05) is 10.6 Å². The number of hydrogen-bond acceptors (Lipinski definition) is 5. The van der Waals surface area contributed by atoms with Gasteiger partial charge in [0.1, 0.15) is 17.1 Å². The lowest BCUT2D eigenvalue weighted by atomic mass is 9.98. The second-order valence-corrected chi connectivity index (χ2v) is 8.89. The lowest BCUT2D eigenvalue weighted by Crippen LogP contribution is -2.19. The first-order valence-corrected chi connectivity index (χ1v) is 11.6. The fourth-order valence-electron chi connectivity index (χ4n) is 3.98. The molecule has 0 saturated heterocycles. The summed E-state index contributed by atoms with van der Waals surface area (Å²) >= 11 is 0. The van der Waals surface area contributed by atoms with Gasteiger partial charge >= 0.3 is 6.18 Å². The van der Waals surface area contributed by atoms with Gasteiger partial charge in [0.15, 0.2) is 0 Å². The van der Waals surface area contributed by atoms with Crippen LogP contribution in [-0.2, 0) is 6.18 Å². The van der Waals surface area contributed by atoms with E-state index in [1.807, 2.05) is 30.3 Å². The molecule has 1 aromatic heterocycles. The number of rotatable bonds is 7. The third-order valence-corrected chi connectivity index (χ3v) is 5.88. The molecule has 1 aliphatic rings. The molecule has 0 atom stereocenters. The van der Waals surface area contributed by atoms with Crippen LogP contribution >= 0.6 is 0 Å². The van der Waals surface area contributed by atoms with E-state index in [-0.39, 0.29) is 17.9 Å². The van der Waals surface area contributed by atoms with E-state index in [0.717, 1.165) is 37.4 Å². The summed E-state index contributed by atoms with van der Waals surface area (Å²) in [6.45, 7) is 4.18. The molecule has 1 aliphatic carbocycles. The van der Waals surface area contributed by atoms with Crippen molar-refractivity contribution in [2.45, 2.75) is 64.1 Å². The summed E-state index contributed by atoms with van der Waals surface area (Å²) in [7, 11) is 0. The topological polar surface area (TPSA) is 59.1 Å². The molecule has 8 heteroatoms. The summed E-state index contributed by atoms with van der Waals surface area (Å²) < 4.78 is 47.0. The molecule has 0 unspecified atom stereocenters. The largest absolute Gasteiger partial charge is 0.490 e. The molecule has 0 spiro atoms. The van der Waals surface area contributed by atoms with Crippen molar-refractivity contribution in [1.82, 2.24) is 9.97 Å². The van der Waals surface area contributed by atoms with Crippen molar-refractivity contribution in [1.29, 1.82) is 0 Å². The molecular weight excluding hydrogens is 441 g/mol. The van der Waals surface area contributed by atoms with Crippen molar-refractivity contribution in [2.24, 2.45) is 0 Å². The Morgan fingerprint density at radius 2 is 1.68 bits per heavy atom. The maximum absolute atomic E-state index is 13.7. The quantitative estimate of drug-likeness (QED) is 0.369. The van der Waals surface area contributed by atoms with E-state index in [4.69, 9.17) is 4.74 Å². The van der Waals surface area contributed by atoms with Gasteiger partial charge in [-0.1, -0.05) is 38.5 Å². The first kappa shape index (κ1) is 23.9. The summed E-state index contributed by atoms with van der Waals surface area (Å²) in [5, 5.41) is 5.80. The van der Waals surface area contributed by atoms with E-state index < -0.39 is 11.7 Å². The molecule has 0 aliphatic heterocycles. The summed E-state index contributed by atoms with van der Waals surface area (Å²) in [5.41, 5.74) is 1.38. The highest BCUT2D eigenvalue weighted by molar-refractivity contribution is 5.64. The van der Waals surface area contributed by atoms with Gasteiger partial charge in [0.25, 0.3) is 0 Å². The Bertz CT molecular complexity index is 1090. The lowest BCUT2D eigenvalue weighted by molar-refractivity contribution is -0.137. The van der Waals surface area contributed by atoms with Gasteiger partial charge in [-0.25, -0.2) is 4.98 Å². The predicted octanol–water partition coefficient (Wildman–Crippen LogP) is 7.82. The standard InChI is InChI=1S/C26H29F3N4O/c1-17(2)18-11-13-19(14-12-18)32-25-30-16-23(26(27,28)29)24(33-25)31-20-7-6-10-22(15-20)34-21-8-4-3-5-9-21/h6-7,10-17,21H,3-5,8-9H2,1-2H3,(H2,30,31,32,33). The Labute approximate surface area is 197 Å². The Hall–Kier alpha value is -3.29. The van der Waals surface area contributed by atoms with Gasteiger partial charge in [-0.15, -0.1) is 0 Å². The van der Waals surface area contributed by atoms with E-state index in [0.29, 0.717) is 23.0 Å². The van der Waals surface area contributed by atoms with Crippen LogP contribution in [0.3, 0.4) is 0 Å². The SMILES string of the molecule is CC(C)c1ccc(Nc2ncc(C(F)(F)F)c(Nc3cccc(OC4CCCCC4)c3)n2)cc1. The molecule has 0 bridgehead atoms. The Morgan fingerprint density at radius 1 is 0.941 bits per heavy atom. The van der Waals surface area contributed by atoms with Crippen LogP contribution in [0.15, 0.2) is 54.7 Å². The number of benzene rings is 2. The van der Waals surface area contributed by atoms with E-state index in [2.05, 4.69) is 34.4 Å². The average molecular weight is 471 g/mol. The number of alkyl halides is 3. The molecule has 0 radical (unpaired) electrons. The molecule has 1 heterocycles. The van der Waals surface area contributed by atoms with Crippen molar-refractivity contribution < 1.29 is 17.9 Å². The number of halogens is 3. The number of ether oxygens (including phenoxy) is 1. The van der Waals surface area contributed by atoms with Gasteiger partial charge < -0.3 is 15.4 Å². The molecule has 3 aromatic rings. The van der Waals surface area contributed by atoms with Gasteiger partial charge in [-0.05, 0) is 61.4 Å². The maximum Gasteiger partial charge on any atom is 0.421 e. The molecule has 2 aromatic carbocycles. The van der Waals surface area contributed by atoms with Crippen LogP contribution in [0.25, 0.3) is 0 Å². The number of hydrogen-bond donors (Lipinski definition) is 2. The highest BCUT2D eigenvalue weighted by Crippen LogP contribution is 2.36. The van der Waals surface area contributed by atoms with Gasteiger partial charge in [-0.2, -0.15) is 18.2 Å². The highest BCUT2D eigenvalue weighted by atomic mass is 19.4. The highest BCUT2D eigenvalue weighted by Gasteiger charge is 2.35. The van der Waals surface area contributed by atoms with Gasteiger partial charge in [0.05, 0.1) is 6.10 Å². The fourth-order valence-corrected chi connectivity index (χ4v) is 3.98. The molecule has 5 nitrogen and oxygen atoms in total. The second-order valence-electron chi connectivity index (χ2n) is 8.89. The van der Waals surface area contributed by atoms with Gasteiger partial charge in [-0.3, -0.25) is 0 Å². The average Bonchev–Trinajstić information content (AvgIpc) is 2.80. The third kappa shape index (κ3) is 6.18. The normalized spacial score (nSPS) is 14.8. The molecule has 180 valence electrons. The minimum atomic E-state index is -4.60. The van der Waals surface area contributed by atoms with E-state index >= 15 is 0 Å². The van der Waals surface area contributed by atoms with Crippen molar-refractivity contribution in [3.8, 4) is 5.75 Å². The molecular formula is C26H29F3N4O. The van der Waals surface area contributed by atoms with Crippen LogP contribution in [0.4, 0.5) is 36.3 Å². The number of nitrogens with one attached hydrogen (secondary N) is 2. The zero-order chi connectivity index (χ0) is 24.1. The molecule has 4 rings (SSSR count). The Kier molecular flexibility index (Phi) is 7.24. The maximum atomic E-state index is 13.7. The third-order valence-electron chi connectivity index (χ3n) is 5.88.